The number of pyridine rings is 1. The van der Waals surface area contributed by atoms with Crippen LogP contribution in [-0.2, 0) is 0 Å². The molecule has 0 aliphatic carbocycles. The third-order valence-electron chi connectivity index (χ3n) is 4.78. The SMILES string of the molecule is C=C(C)/C(=C\C=C/C)c1ccc(C)c(Oc2cc(-c3ccccn3)ccc2C)c1. The first-order valence-corrected chi connectivity index (χ1v) is 9.79. The lowest BCUT2D eigenvalue weighted by Gasteiger charge is -2.15. The summed E-state index contributed by atoms with van der Waals surface area (Å²) >= 11 is 0. The molecule has 1 heterocycles. The fourth-order valence-electron chi connectivity index (χ4n) is 3.08. The summed E-state index contributed by atoms with van der Waals surface area (Å²) in [4.78, 5) is 4.45. The zero-order chi connectivity index (χ0) is 20.8. The van der Waals surface area contributed by atoms with Crippen LogP contribution >= 0.6 is 0 Å². The van der Waals surface area contributed by atoms with E-state index in [2.05, 4.69) is 67.9 Å². The molecule has 0 bridgehead atoms. The molecule has 0 fully saturated rings. The van der Waals surface area contributed by atoms with Gasteiger partial charge >= 0.3 is 0 Å². The minimum Gasteiger partial charge on any atom is -0.457 e. The largest absolute Gasteiger partial charge is 0.457 e. The molecule has 0 N–H and O–H groups in total. The molecule has 0 amide bonds. The van der Waals surface area contributed by atoms with Crippen molar-refractivity contribution < 1.29 is 4.74 Å². The van der Waals surface area contributed by atoms with Crippen molar-refractivity contribution in [2.75, 3.05) is 0 Å². The summed E-state index contributed by atoms with van der Waals surface area (Å²) < 4.78 is 6.37. The van der Waals surface area contributed by atoms with Crippen LogP contribution in [0.1, 0.15) is 30.5 Å². The maximum Gasteiger partial charge on any atom is 0.131 e. The zero-order valence-corrected chi connectivity index (χ0v) is 17.6. The molecule has 0 aliphatic heterocycles. The van der Waals surface area contributed by atoms with Gasteiger partial charge < -0.3 is 4.74 Å². The quantitative estimate of drug-likeness (QED) is 0.408. The highest BCUT2D eigenvalue weighted by Crippen LogP contribution is 2.34. The monoisotopic (exact) mass is 381 g/mol. The Morgan fingerprint density at radius 1 is 0.966 bits per heavy atom. The van der Waals surface area contributed by atoms with Gasteiger partial charge in [-0.25, -0.2) is 0 Å². The van der Waals surface area contributed by atoms with Crippen LogP contribution in [0.3, 0.4) is 0 Å². The van der Waals surface area contributed by atoms with Crippen LogP contribution in [-0.4, -0.2) is 4.98 Å². The van der Waals surface area contributed by atoms with Crippen LogP contribution in [0.15, 0.2) is 91.2 Å². The van der Waals surface area contributed by atoms with Crippen molar-refractivity contribution in [2.24, 2.45) is 0 Å². The fourth-order valence-corrected chi connectivity index (χ4v) is 3.08. The molecule has 2 heteroatoms. The zero-order valence-electron chi connectivity index (χ0n) is 17.6. The van der Waals surface area contributed by atoms with Crippen LogP contribution in [0.25, 0.3) is 16.8 Å². The standard InChI is InChI=1S/C27H27NO/c1-6-7-10-24(19(2)3)22-14-12-20(4)26(17-22)29-27-18-23(15-13-21(27)5)25-11-8-9-16-28-25/h6-18H,2H2,1,3-5H3/b7-6-,24-10+. The summed E-state index contributed by atoms with van der Waals surface area (Å²) in [7, 11) is 0. The predicted molar refractivity (Wildman–Crippen MR) is 123 cm³/mol. The van der Waals surface area contributed by atoms with Crippen molar-refractivity contribution in [3.05, 3.63) is 108 Å². The molecule has 1 aromatic heterocycles. The van der Waals surface area contributed by atoms with E-state index in [9.17, 15) is 0 Å². The molecule has 2 nitrogen and oxygen atoms in total. The van der Waals surface area contributed by atoms with Gasteiger partial charge in [0.25, 0.3) is 0 Å². The number of hydrogen-bond donors (Lipinski definition) is 0. The smallest absolute Gasteiger partial charge is 0.131 e. The maximum atomic E-state index is 6.37. The van der Waals surface area contributed by atoms with Crippen molar-refractivity contribution in [3.8, 4) is 22.8 Å². The fraction of sp³-hybridized carbons (Fsp3) is 0.148. The molecule has 0 saturated heterocycles. The molecule has 0 radical (unpaired) electrons. The van der Waals surface area contributed by atoms with Gasteiger partial charge in [-0.15, -0.1) is 0 Å². The number of aromatic nitrogens is 1. The van der Waals surface area contributed by atoms with E-state index in [4.69, 9.17) is 4.74 Å². The van der Waals surface area contributed by atoms with E-state index in [1.54, 1.807) is 6.20 Å². The van der Waals surface area contributed by atoms with E-state index in [1.165, 1.54) is 0 Å². The van der Waals surface area contributed by atoms with Crippen LogP contribution in [0.4, 0.5) is 0 Å². The van der Waals surface area contributed by atoms with Crippen LogP contribution in [0, 0.1) is 13.8 Å². The van der Waals surface area contributed by atoms with Gasteiger partial charge in [0.05, 0.1) is 5.69 Å². The van der Waals surface area contributed by atoms with Crippen molar-refractivity contribution in [2.45, 2.75) is 27.7 Å². The number of nitrogens with zero attached hydrogens (tertiary/aromatic N) is 1. The molecule has 2 aromatic carbocycles. The highest BCUT2D eigenvalue weighted by molar-refractivity contribution is 5.79. The minimum absolute atomic E-state index is 0.836. The van der Waals surface area contributed by atoms with E-state index in [-0.39, 0.29) is 0 Å². The molecule has 0 saturated carbocycles. The third kappa shape index (κ3) is 4.91. The number of aryl methyl sites for hydroxylation is 2. The Bertz CT molecular complexity index is 1070. The summed E-state index contributed by atoms with van der Waals surface area (Å²) in [6.45, 7) is 12.3. The Balaban J connectivity index is 1.99. The van der Waals surface area contributed by atoms with E-state index in [0.717, 1.165) is 50.6 Å². The number of rotatable bonds is 6. The molecule has 29 heavy (non-hydrogen) atoms. The molecule has 0 atom stereocenters. The lowest BCUT2D eigenvalue weighted by atomic mass is 9.98. The lowest BCUT2D eigenvalue weighted by Crippen LogP contribution is -1.94. The third-order valence-corrected chi connectivity index (χ3v) is 4.78. The molecule has 3 aromatic rings. The molecular weight excluding hydrogens is 354 g/mol. The molecular formula is C27H27NO. The van der Waals surface area contributed by atoms with Crippen molar-refractivity contribution >= 4 is 5.57 Å². The summed E-state index contributed by atoms with van der Waals surface area (Å²) in [5.41, 5.74) is 7.35. The molecule has 0 aliphatic rings. The second-order valence-corrected chi connectivity index (χ2v) is 7.16. The van der Waals surface area contributed by atoms with Gasteiger partial charge in [0.15, 0.2) is 0 Å². The van der Waals surface area contributed by atoms with E-state index >= 15 is 0 Å². The Kier molecular flexibility index (Phi) is 6.46. The summed E-state index contributed by atoms with van der Waals surface area (Å²) in [5.74, 6) is 1.68. The summed E-state index contributed by atoms with van der Waals surface area (Å²) in [6.07, 6.45) is 7.94. The van der Waals surface area contributed by atoms with Crippen LogP contribution in [0.2, 0.25) is 0 Å². The number of allylic oxidation sites excluding steroid dienone is 5. The molecule has 3 rings (SSSR count). The van der Waals surface area contributed by atoms with Gasteiger partial charge in [-0.3, -0.25) is 4.98 Å². The van der Waals surface area contributed by atoms with Crippen molar-refractivity contribution in [1.82, 2.24) is 4.98 Å². The molecule has 0 unspecified atom stereocenters. The minimum atomic E-state index is 0.836. The van der Waals surface area contributed by atoms with Crippen LogP contribution < -0.4 is 4.74 Å². The second kappa shape index (κ2) is 9.20. The maximum absolute atomic E-state index is 6.37. The average Bonchev–Trinajstić information content (AvgIpc) is 2.72. The van der Waals surface area contributed by atoms with Crippen LogP contribution in [0.5, 0.6) is 11.5 Å². The number of hydrogen-bond acceptors (Lipinski definition) is 2. The van der Waals surface area contributed by atoms with Gasteiger partial charge in [0.2, 0.25) is 0 Å². The van der Waals surface area contributed by atoms with Gasteiger partial charge in [0, 0.05) is 11.8 Å². The summed E-state index contributed by atoms with van der Waals surface area (Å²) in [5, 5.41) is 0. The van der Waals surface area contributed by atoms with Gasteiger partial charge in [-0.2, -0.15) is 0 Å². The predicted octanol–water partition coefficient (Wildman–Crippen LogP) is 7.69. The van der Waals surface area contributed by atoms with Gasteiger partial charge in [-0.1, -0.05) is 60.7 Å². The Hall–Kier alpha value is -3.39. The number of benzene rings is 2. The average molecular weight is 382 g/mol. The first-order chi connectivity index (χ1) is 14.0. The lowest BCUT2D eigenvalue weighted by molar-refractivity contribution is 0.475. The second-order valence-electron chi connectivity index (χ2n) is 7.16. The molecule has 146 valence electrons. The van der Waals surface area contributed by atoms with E-state index in [1.807, 2.05) is 44.2 Å². The molecule has 0 spiro atoms. The van der Waals surface area contributed by atoms with E-state index in [0.29, 0.717) is 0 Å². The van der Waals surface area contributed by atoms with Crippen molar-refractivity contribution in [3.63, 3.8) is 0 Å². The van der Waals surface area contributed by atoms with E-state index < -0.39 is 0 Å². The normalized spacial score (nSPS) is 11.7. The van der Waals surface area contributed by atoms with Gasteiger partial charge in [-0.05, 0) is 74.2 Å². The van der Waals surface area contributed by atoms with Gasteiger partial charge in [0.1, 0.15) is 11.5 Å². The highest BCUT2D eigenvalue weighted by atomic mass is 16.5. The number of ether oxygens (including phenoxy) is 1. The Labute approximate surface area is 173 Å². The first-order valence-electron chi connectivity index (χ1n) is 9.79. The Morgan fingerprint density at radius 3 is 2.34 bits per heavy atom. The van der Waals surface area contributed by atoms with Crippen molar-refractivity contribution in [1.29, 1.82) is 0 Å². The Morgan fingerprint density at radius 2 is 1.69 bits per heavy atom. The topological polar surface area (TPSA) is 22.1 Å². The first kappa shape index (κ1) is 20.3. The summed E-state index contributed by atoms with van der Waals surface area (Å²) in [6, 6.07) is 18.4. The highest BCUT2D eigenvalue weighted by Gasteiger charge is 2.10.